The number of carbonyl (C=O) groups excluding carboxylic acids is 4. The van der Waals surface area contributed by atoms with Gasteiger partial charge in [-0.25, -0.2) is 10.2 Å². The van der Waals surface area contributed by atoms with Gasteiger partial charge in [0, 0.05) is 6.54 Å². The molecule has 2 unspecified atom stereocenters. The Hall–Kier alpha value is -1.49. The van der Waals surface area contributed by atoms with Crippen LogP contribution in [0, 0.1) is 5.92 Å². The quantitative estimate of drug-likeness (QED) is 0.340. The van der Waals surface area contributed by atoms with Gasteiger partial charge in [0.1, 0.15) is 30.3 Å². The van der Waals surface area contributed by atoms with Crippen molar-refractivity contribution in [3.05, 3.63) is 0 Å². The molecule has 10 nitrogen and oxygen atoms in total. The van der Waals surface area contributed by atoms with Gasteiger partial charge in [0.05, 0.1) is 0 Å². The number of alkyl halides is 3. The minimum atomic E-state index is -1.74. The maximum atomic E-state index is 12.8. The molecule has 3 N–H and O–H groups in total. The molecule has 1 fully saturated rings. The zero-order chi connectivity index (χ0) is 25.6. The molecule has 1 heterocycles. The monoisotopic (exact) mass is 530 g/mol. The molecule has 0 spiro atoms. The third-order valence-electron chi connectivity index (χ3n) is 4.47. The van der Waals surface area contributed by atoms with Gasteiger partial charge in [0.15, 0.2) is 0 Å². The molecule has 0 aliphatic carbocycles. The van der Waals surface area contributed by atoms with Crippen molar-refractivity contribution in [2.45, 2.75) is 81.9 Å². The molecule has 0 bridgehead atoms. The van der Waals surface area contributed by atoms with Gasteiger partial charge in [-0.15, -0.1) is 0 Å². The minimum absolute atomic E-state index is 0.259. The zero-order valence-electron chi connectivity index (χ0n) is 19.7. The van der Waals surface area contributed by atoms with Gasteiger partial charge in [-0.2, -0.15) is 0 Å². The first-order chi connectivity index (χ1) is 15.0. The summed E-state index contributed by atoms with van der Waals surface area (Å²) in [6.45, 7) is 10.1. The predicted octanol–water partition coefficient (Wildman–Crippen LogP) is 2.45. The Balaban J connectivity index is 2.70. The van der Waals surface area contributed by atoms with E-state index in [0.29, 0.717) is 19.4 Å². The highest BCUT2D eigenvalue weighted by atomic mass is 35.6. The number of nitrogens with one attached hydrogen (secondary N) is 3. The van der Waals surface area contributed by atoms with Crippen LogP contribution in [-0.2, 0) is 23.9 Å². The van der Waals surface area contributed by atoms with Crippen molar-refractivity contribution in [1.82, 2.24) is 21.1 Å². The van der Waals surface area contributed by atoms with Crippen LogP contribution in [-0.4, -0.2) is 69.6 Å². The number of hydrogen-bond donors (Lipinski definition) is 3. The van der Waals surface area contributed by atoms with Gasteiger partial charge in [-0.1, -0.05) is 48.7 Å². The summed E-state index contributed by atoms with van der Waals surface area (Å²) in [7, 11) is 0. The Morgan fingerprint density at radius 2 is 1.70 bits per heavy atom. The summed E-state index contributed by atoms with van der Waals surface area (Å²) in [5.41, 5.74) is 2.07. The lowest BCUT2D eigenvalue weighted by Gasteiger charge is -2.34. The van der Waals surface area contributed by atoms with E-state index < -0.39 is 58.0 Å². The topological polar surface area (TPSA) is 126 Å². The van der Waals surface area contributed by atoms with Crippen LogP contribution in [0.4, 0.5) is 4.79 Å². The number of amides is 3. The number of carbonyl (C=O) groups is 4. The summed E-state index contributed by atoms with van der Waals surface area (Å²) in [6.07, 6.45) is 0.226. The fourth-order valence-corrected chi connectivity index (χ4v) is 3.10. The summed E-state index contributed by atoms with van der Waals surface area (Å²) in [6, 6.07) is -2.63. The summed E-state index contributed by atoms with van der Waals surface area (Å²) in [5, 5.41) is 6.40. The van der Waals surface area contributed by atoms with Crippen molar-refractivity contribution in [1.29, 1.82) is 0 Å². The minimum Gasteiger partial charge on any atom is -0.460 e. The Morgan fingerprint density at radius 1 is 1.09 bits per heavy atom. The molecule has 1 saturated heterocycles. The lowest BCUT2D eigenvalue weighted by molar-refractivity contribution is -0.152. The molecule has 1 aliphatic rings. The van der Waals surface area contributed by atoms with E-state index in [2.05, 4.69) is 16.1 Å². The Morgan fingerprint density at radius 3 is 2.21 bits per heavy atom. The van der Waals surface area contributed by atoms with Crippen LogP contribution in [0.5, 0.6) is 0 Å². The van der Waals surface area contributed by atoms with Gasteiger partial charge in [0.25, 0.3) is 5.91 Å². The summed E-state index contributed by atoms with van der Waals surface area (Å²) in [5.74, 6) is -1.91. The van der Waals surface area contributed by atoms with E-state index >= 15 is 0 Å². The van der Waals surface area contributed by atoms with E-state index in [-0.39, 0.29) is 5.92 Å². The molecule has 3 amide bonds. The van der Waals surface area contributed by atoms with Crippen LogP contribution in [0.2, 0.25) is 0 Å². The number of esters is 1. The van der Waals surface area contributed by atoms with E-state index in [0.717, 1.165) is 0 Å². The first-order valence-electron chi connectivity index (χ1n) is 10.6. The summed E-state index contributed by atoms with van der Waals surface area (Å²) >= 11 is 16.8. The molecule has 3 atom stereocenters. The molecule has 13 heteroatoms. The standard InChI is InChI=1S/C20H33Cl3N4O6/c1-11(2)14(25-18(31)33-19(4,5)6)15(28)24-12(3)16(29)27-9-7-8-13(26-27)17(30)32-10-20(21,22)23/h11-14,26H,7-10H2,1-6H3,(H,24,28)(H,25,31)/t12?,13-,14?/m0/s1. The zero-order valence-corrected chi connectivity index (χ0v) is 21.9. The van der Waals surface area contributed by atoms with E-state index in [1.165, 1.54) is 11.9 Å². The highest BCUT2D eigenvalue weighted by molar-refractivity contribution is 6.67. The SMILES string of the molecule is CC(NC(=O)C(NC(=O)OC(C)(C)C)C(C)C)C(=O)N1CCC[C@@H](C(=O)OCC(Cl)(Cl)Cl)N1. The van der Waals surface area contributed by atoms with Crippen molar-refractivity contribution in [3.63, 3.8) is 0 Å². The highest BCUT2D eigenvalue weighted by Crippen LogP contribution is 2.26. The number of ether oxygens (including phenoxy) is 2. The van der Waals surface area contributed by atoms with Crippen LogP contribution >= 0.6 is 34.8 Å². The van der Waals surface area contributed by atoms with Crippen molar-refractivity contribution in [3.8, 4) is 0 Å². The Labute approximate surface area is 209 Å². The molecular weight excluding hydrogens is 499 g/mol. The first kappa shape index (κ1) is 29.5. The molecule has 0 aromatic heterocycles. The number of hydrazine groups is 1. The van der Waals surface area contributed by atoms with E-state index in [9.17, 15) is 19.2 Å². The van der Waals surface area contributed by atoms with Gasteiger partial charge in [-0.05, 0) is 46.5 Å². The van der Waals surface area contributed by atoms with Crippen LogP contribution < -0.4 is 16.1 Å². The summed E-state index contributed by atoms with van der Waals surface area (Å²) < 4.78 is 8.44. The maximum Gasteiger partial charge on any atom is 0.408 e. The second-order valence-corrected chi connectivity index (χ2v) is 11.7. The van der Waals surface area contributed by atoms with Crippen LogP contribution in [0.25, 0.3) is 0 Å². The molecule has 190 valence electrons. The second-order valence-electron chi connectivity index (χ2n) is 9.13. The average molecular weight is 532 g/mol. The number of alkyl carbamates (subject to hydrolysis) is 1. The third kappa shape index (κ3) is 11.0. The van der Waals surface area contributed by atoms with Gasteiger partial charge < -0.3 is 20.1 Å². The molecule has 1 rings (SSSR count). The normalized spacial score (nSPS) is 18.8. The smallest absolute Gasteiger partial charge is 0.408 e. The Kier molecular flexibility index (Phi) is 11.0. The van der Waals surface area contributed by atoms with Gasteiger partial charge in [-0.3, -0.25) is 19.4 Å². The molecular formula is C20H33Cl3N4O6. The molecule has 0 radical (unpaired) electrons. The van der Waals surface area contributed by atoms with E-state index in [1.54, 1.807) is 34.6 Å². The number of rotatable bonds is 7. The van der Waals surface area contributed by atoms with Crippen molar-refractivity contribution in [2.24, 2.45) is 5.92 Å². The number of halogens is 3. The molecule has 0 saturated carbocycles. The lowest BCUT2D eigenvalue weighted by atomic mass is 10.0. The molecule has 0 aromatic rings. The summed E-state index contributed by atoms with van der Waals surface area (Å²) in [4.78, 5) is 49.9. The van der Waals surface area contributed by atoms with Crippen LogP contribution in [0.3, 0.4) is 0 Å². The number of nitrogens with zero attached hydrogens (tertiary/aromatic N) is 1. The Bertz CT molecular complexity index is 724. The molecule has 33 heavy (non-hydrogen) atoms. The third-order valence-corrected chi connectivity index (χ3v) is 4.79. The predicted molar refractivity (Wildman–Crippen MR) is 125 cm³/mol. The van der Waals surface area contributed by atoms with Crippen LogP contribution in [0.1, 0.15) is 54.4 Å². The average Bonchev–Trinajstić information content (AvgIpc) is 2.67. The molecule has 0 aromatic carbocycles. The molecule has 1 aliphatic heterocycles. The largest absolute Gasteiger partial charge is 0.460 e. The maximum absolute atomic E-state index is 12.8. The van der Waals surface area contributed by atoms with E-state index in [4.69, 9.17) is 44.3 Å². The van der Waals surface area contributed by atoms with Crippen molar-refractivity contribution >= 4 is 58.7 Å². The van der Waals surface area contributed by atoms with Crippen molar-refractivity contribution in [2.75, 3.05) is 13.2 Å². The highest BCUT2D eigenvalue weighted by Gasteiger charge is 2.34. The van der Waals surface area contributed by atoms with E-state index in [1.807, 2.05) is 0 Å². The second kappa shape index (κ2) is 12.3. The number of hydrogen-bond acceptors (Lipinski definition) is 7. The van der Waals surface area contributed by atoms with Gasteiger partial charge in [0.2, 0.25) is 9.70 Å². The van der Waals surface area contributed by atoms with Crippen LogP contribution in [0.15, 0.2) is 0 Å². The lowest BCUT2D eigenvalue weighted by Crippen LogP contribution is -2.61. The van der Waals surface area contributed by atoms with Gasteiger partial charge >= 0.3 is 12.1 Å². The first-order valence-corrected chi connectivity index (χ1v) is 11.7. The fourth-order valence-electron chi connectivity index (χ4n) is 2.94. The fraction of sp³-hybridized carbons (Fsp3) is 0.800. The van der Waals surface area contributed by atoms with Crippen molar-refractivity contribution < 1.29 is 28.7 Å².